The Balaban J connectivity index is 0.548. The van der Waals surface area contributed by atoms with Crippen molar-refractivity contribution in [2.45, 2.75) is 167 Å². The van der Waals surface area contributed by atoms with Gasteiger partial charge in [-0.2, -0.15) is 0 Å². The largest absolute Gasteiger partial charge is 0.352 e. The van der Waals surface area contributed by atoms with Gasteiger partial charge >= 0.3 is 0 Å². The molecule has 2 saturated carbocycles. The summed E-state index contributed by atoms with van der Waals surface area (Å²) in [6.07, 6.45) is 7.72. The molecule has 9 aliphatic heterocycles. The van der Waals surface area contributed by atoms with E-state index in [0.717, 1.165) is 115 Å². The van der Waals surface area contributed by atoms with Gasteiger partial charge in [0.25, 0.3) is 11.8 Å². The number of nitrogens with one attached hydrogen (secondary N) is 2. The summed E-state index contributed by atoms with van der Waals surface area (Å²) in [4.78, 5) is 55.5. The molecule has 0 aromatic heterocycles. The first-order valence-electron chi connectivity index (χ1n) is 27.6. The topological polar surface area (TPSA) is 157 Å². The van der Waals surface area contributed by atoms with E-state index in [-0.39, 0.29) is 35.5 Å². The van der Waals surface area contributed by atoms with Gasteiger partial charge < -0.3 is 48.9 Å². The van der Waals surface area contributed by atoms with Crippen LogP contribution in [0.3, 0.4) is 0 Å². The second kappa shape index (κ2) is 20.8. The van der Waals surface area contributed by atoms with E-state index in [2.05, 4.69) is 48.1 Å². The number of hydrogen-bond acceptors (Lipinski definition) is 14. The molecular weight excluding hydrogens is 921 g/mol. The van der Waals surface area contributed by atoms with Gasteiger partial charge in [0, 0.05) is 86.9 Å². The molecule has 13 rings (SSSR count). The maximum Gasteiger partial charge on any atom is 0.251 e. The Bertz CT molecular complexity index is 2060. The van der Waals surface area contributed by atoms with E-state index >= 15 is 0 Å². The van der Waals surface area contributed by atoms with Gasteiger partial charge in [-0.25, -0.2) is 19.6 Å². The predicted octanol–water partition coefficient (Wildman–Crippen LogP) is 7.69. The molecule has 9 heterocycles. The summed E-state index contributed by atoms with van der Waals surface area (Å²) in [5.41, 5.74) is 2.02. The molecular formula is C56H80N4O12. The van der Waals surface area contributed by atoms with Crippen LogP contribution in [-0.4, -0.2) is 122 Å². The molecule has 8 unspecified atom stereocenters. The molecule has 0 radical (unpaired) electrons. The summed E-state index contributed by atoms with van der Waals surface area (Å²) in [6.45, 7) is 20.7. The van der Waals surface area contributed by atoms with Gasteiger partial charge in [0.15, 0.2) is 36.4 Å². The van der Waals surface area contributed by atoms with Crippen molar-refractivity contribution >= 4 is 11.8 Å². The molecule has 11 aliphatic rings. The van der Waals surface area contributed by atoms with Crippen LogP contribution in [-0.2, 0) is 61.2 Å². The molecule has 4 bridgehead atoms. The summed E-state index contributed by atoms with van der Waals surface area (Å²) in [7, 11) is 0. The van der Waals surface area contributed by atoms with Crippen molar-refractivity contribution in [3.63, 3.8) is 0 Å². The van der Waals surface area contributed by atoms with Gasteiger partial charge in [-0.1, -0.05) is 52.0 Å². The third kappa shape index (κ3) is 9.72. The van der Waals surface area contributed by atoms with E-state index in [9.17, 15) is 9.59 Å². The van der Waals surface area contributed by atoms with Crippen molar-refractivity contribution in [3.05, 3.63) is 70.8 Å². The van der Waals surface area contributed by atoms with Crippen molar-refractivity contribution in [1.29, 1.82) is 0 Å². The number of amides is 2. The average Bonchev–Trinajstić information content (AvgIpc) is 3.77. The molecule has 11 fully saturated rings. The quantitative estimate of drug-likeness (QED) is 0.125. The maximum absolute atomic E-state index is 13.1. The van der Waals surface area contributed by atoms with Crippen LogP contribution in [0.1, 0.15) is 138 Å². The lowest BCUT2D eigenvalue weighted by atomic mass is 9.58. The van der Waals surface area contributed by atoms with Crippen molar-refractivity contribution in [3.8, 4) is 0 Å². The zero-order chi connectivity index (χ0) is 49.8. The second-order valence-electron chi connectivity index (χ2n) is 23.5. The first kappa shape index (κ1) is 51.0. The molecule has 2 amide bonds. The molecule has 16 nitrogen and oxygen atoms in total. The van der Waals surface area contributed by atoms with Gasteiger partial charge in [0.05, 0.1) is 13.2 Å². The Kier molecular flexibility index (Phi) is 14.7. The minimum absolute atomic E-state index is 0.0680. The van der Waals surface area contributed by atoms with Crippen LogP contribution >= 0.6 is 0 Å². The standard InChI is InChI=1S/C56H80N4O12/c1-35-9-19-45-37(3)49(65-51-55(45)43(35)21-23-53(5,67-51)69-71-55)63-33-39-11-15-41(16-12-39)47(61)57-25-7-27-59-29-31-60(32-30-59)28-8-26-58-48(62)42-17-13-40(14-18-42)34-64-50-38(4)46-20-10-36(2)44-22-24-54(6)68-52(66-50)56(44,46)72-70-54/h11-18,35-38,43-46,49-52H,7-10,19-34H2,1-6H3,(H,57,61)(H,58,62)/t35-,36-,37-,38-,43?,44?,45?,46?,49+,50+,51?,52?,53?,54?,55-,56-/m1/s1. The fourth-order valence-electron chi connectivity index (χ4n) is 14.4. The van der Waals surface area contributed by atoms with Gasteiger partial charge in [-0.05, 0) is 137 Å². The van der Waals surface area contributed by atoms with Crippen LogP contribution < -0.4 is 10.6 Å². The molecule has 2 aromatic carbocycles. The lowest BCUT2D eigenvalue weighted by molar-refractivity contribution is -0.577. The highest BCUT2D eigenvalue weighted by Gasteiger charge is 2.71. The monoisotopic (exact) mass is 1000 g/mol. The lowest BCUT2D eigenvalue weighted by Crippen LogP contribution is -2.70. The summed E-state index contributed by atoms with van der Waals surface area (Å²) in [5, 5.41) is 6.21. The highest BCUT2D eigenvalue weighted by atomic mass is 17.3. The molecule has 2 aliphatic carbocycles. The van der Waals surface area contributed by atoms with Gasteiger partial charge in [0.1, 0.15) is 0 Å². The zero-order valence-corrected chi connectivity index (χ0v) is 43.5. The fraction of sp³-hybridized carbons (Fsp3) is 0.750. The third-order valence-corrected chi connectivity index (χ3v) is 18.8. The number of nitrogens with zero attached hydrogens (tertiary/aromatic N) is 2. The smallest absolute Gasteiger partial charge is 0.251 e. The van der Waals surface area contributed by atoms with Crippen molar-refractivity contribution in [2.24, 2.45) is 47.3 Å². The highest BCUT2D eigenvalue weighted by Crippen LogP contribution is 2.62. The Morgan fingerprint density at radius 1 is 0.556 bits per heavy atom. The number of hydrogen-bond donors (Lipinski definition) is 2. The summed E-state index contributed by atoms with van der Waals surface area (Å²) in [6, 6.07) is 15.3. The maximum atomic E-state index is 13.1. The molecule has 16 heteroatoms. The molecule has 72 heavy (non-hydrogen) atoms. The number of fused-ring (bicyclic) bond motifs is 4. The number of rotatable bonds is 16. The van der Waals surface area contributed by atoms with E-state index < -0.39 is 47.9 Å². The minimum atomic E-state index is -0.817. The van der Waals surface area contributed by atoms with E-state index in [1.165, 1.54) is 0 Å². The average molecular weight is 1000 g/mol. The van der Waals surface area contributed by atoms with Gasteiger partial charge in [-0.3, -0.25) is 9.59 Å². The molecule has 2 aromatic rings. The van der Waals surface area contributed by atoms with Crippen molar-refractivity contribution in [1.82, 2.24) is 20.4 Å². The van der Waals surface area contributed by atoms with E-state index in [4.69, 9.17) is 48.0 Å². The normalized spacial score (nSPS) is 41.4. The van der Waals surface area contributed by atoms with E-state index in [1.807, 2.05) is 62.4 Å². The number of carbonyl (C=O) groups is 2. The van der Waals surface area contributed by atoms with Gasteiger partial charge in [-0.15, -0.1) is 0 Å². The first-order chi connectivity index (χ1) is 34.8. The second-order valence-corrected chi connectivity index (χ2v) is 23.5. The third-order valence-electron chi connectivity index (χ3n) is 18.8. The number of ether oxygens (including phenoxy) is 6. The van der Waals surface area contributed by atoms with Crippen LogP contribution in [0.5, 0.6) is 0 Å². The number of carbonyl (C=O) groups excluding carboxylic acids is 2. The van der Waals surface area contributed by atoms with E-state index in [0.29, 0.717) is 61.1 Å². The number of piperazine rings is 1. The summed E-state index contributed by atoms with van der Waals surface area (Å²) >= 11 is 0. The van der Waals surface area contributed by atoms with Crippen molar-refractivity contribution < 1.29 is 57.6 Å². The summed E-state index contributed by atoms with van der Waals surface area (Å²) in [5.74, 6) is 0.504. The Hall–Kier alpha value is -3.10. The predicted molar refractivity (Wildman–Crippen MR) is 263 cm³/mol. The van der Waals surface area contributed by atoms with Crippen LogP contribution in [0.25, 0.3) is 0 Å². The lowest BCUT2D eigenvalue weighted by Gasteiger charge is -2.60. The Labute approximate surface area is 425 Å². The molecule has 396 valence electrons. The molecule has 16 atom stereocenters. The van der Waals surface area contributed by atoms with Crippen LogP contribution in [0, 0.1) is 47.3 Å². The Morgan fingerprint density at radius 3 is 1.36 bits per heavy atom. The Morgan fingerprint density at radius 2 is 0.958 bits per heavy atom. The fourth-order valence-corrected chi connectivity index (χ4v) is 14.4. The molecule has 2 spiro atoms. The number of benzene rings is 2. The summed E-state index contributed by atoms with van der Waals surface area (Å²) < 4.78 is 39.0. The first-order valence-corrected chi connectivity index (χ1v) is 27.6. The zero-order valence-electron chi connectivity index (χ0n) is 43.5. The van der Waals surface area contributed by atoms with Crippen LogP contribution in [0.15, 0.2) is 48.5 Å². The van der Waals surface area contributed by atoms with Crippen LogP contribution in [0.2, 0.25) is 0 Å². The molecule has 9 saturated heterocycles. The SMILES string of the molecule is C[C@@H]1CCC2[C@@H](C)[C@@H](OCc3ccc(C(=O)NCCCN4CCN(CCCNC(=O)c5ccc(CO[C@H]6OC7OC8(C)CCC9[C@H](C)CCC([C@H]6C)[C@@]79OO8)cc5)CC4)cc3)OC3OC4(C)CCC1[C@]32OO4. The highest BCUT2D eigenvalue weighted by molar-refractivity contribution is 5.94. The van der Waals surface area contributed by atoms with Crippen LogP contribution in [0.4, 0.5) is 0 Å². The van der Waals surface area contributed by atoms with Crippen molar-refractivity contribution in [2.75, 3.05) is 52.4 Å². The van der Waals surface area contributed by atoms with Gasteiger partial charge in [0.2, 0.25) is 11.6 Å². The minimum Gasteiger partial charge on any atom is -0.352 e. The molecule has 2 N–H and O–H groups in total. The van der Waals surface area contributed by atoms with E-state index in [1.54, 1.807) is 0 Å².